The lowest BCUT2D eigenvalue weighted by Gasteiger charge is -2.01. The van der Waals surface area contributed by atoms with Gasteiger partial charge in [-0.2, -0.15) is 5.10 Å². The Labute approximate surface area is 102 Å². The lowest BCUT2D eigenvalue weighted by molar-refractivity contribution is 0.0697. The van der Waals surface area contributed by atoms with Gasteiger partial charge >= 0.3 is 5.97 Å². The molecule has 0 atom stereocenters. The van der Waals surface area contributed by atoms with Crippen LogP contribution in [0.25, 0.3) is 11.3 Å². The van der Waals surface area contributed by atoms with E-state index in [0.717, 1.165) is 0 Å². The first-order chi connectivity index (χ1) is 8.65. The topological polar surface area (TPSA) is 73.6 Å². The molecule has 1 aromatic heterocycles. The van der Waals surface area contributed by atoms with Crippen LogP contribution in [-0.4, -0.2) is 27.6 Å². The molecule has 0 amide bonds. The average Bonchev–Trinajstić information content (AvgIpc) is 2.93. The number of ether oxygens (including phenoxy) is 2. The zero-order valence-corrected chi connectivity index (χ0v) is 9.58. The first-order valence-electron chi connectivity index (χ1n) is 5.32. The van der Waals surface area contributed by atoms with Gasteiger partial charge in [-0.25, -0.2) is 4.79 Å². The summed E-state index contributed by atoms with van der Waals surface area (Å²) in [4.78, 5) is 11.1. The highest BCUT2D eigenvalue weighted by molar-refractivity contribution is 5.94. The van der Waals surface area contributed by atoms with Crippen LogP contribution in [0.4, 0.5) is 0 Å². The fraction of sp³-hybridized carbons (Fsp3) is 0.167. The number of carboxylic acids is 1. The van der Waals surface area contributed by atoms with E-state index in [2.05, 4.69) is 5.10 Å². The molecule has 1 aromatic carbocycles. The molecule has 0 aliphatic carbocycles. The Morgan fingerprint density at radius 3 is 2.94 bits per heavy atom. The maximum absolute atomic E-state index is 11.1. The van der Waals surface area contributed by atoms with E-state index in [0.29, 0.717) is 22.8 Å². The number of benzene rings is 1. The van der Waals surface area contributed by atoms with Crippen molar-refractivity contribution in [1.29, 1.82) is 0 Å². The van der Waals surface area contributed by atoms with Gasteiger partial charge in [0.2, 0.25) is 6.79 Å². The summed E-state index contributed by atoms with van der Waals surface area (Å²) >= 11 is 0. The molecule has 3 rings (SSSR count). The Morgan fingerprint density at radius 2 is 2.17 bits per heavy atom. The van der Waals surface area contributed by atoms with Crippen LogP contribution < -0.4 is 9.47 Å². The van der Waals surface area contributed by atoms with Gasteiger partial charge in [-0.05, 0) is 18.2 Å². The van der Waals surface area contributed by atoms with E-state index >= 15 is 0 Å². The number of aryl methyl sites for hydroxylation is 1. The third-order valence-corrected chi connectivity index (χ3v) is 2.71. The molecule has 6 heteroatoms. The Hall–Kier alpha value is -2.50. The van der Waals surface area contributed by atoms with Gasteiger partial charge in [0, 0.05) is 18.8 Å². The number of aromatic nitrogens is 2. The molecule has 1 aliphatic rings. The third kappa shape index (κ3) is 1.58. The summed E-state index contributed by atoms with van der Waals surface area (Å²) in [5.74, 6) is 0.261. The van der Waals surface area contributed by atoms with Crippen LogP contribution in [0.1, 0.15) is 10.4 Å². The fourth-order valence-electron chi connectivity index (χ4n) is 1.90. The minimum Gasteiger partial charge on any atom is -0.478 e. The molecule has 18 heavy (non-hydrogen) atoms. The zero-order chi connectivity index (χ0) is 12.7. The maximum atomic E-state index is 11.1. The van der Waals surface area contributed by atoms with Gasteiger partial charge in [-0.1, -0.05) is 0 Å². The highest BCUT2D eigenvalue weighted by Crippen LogP contribution is 2.36. The first kappa shape index (κ1) is 10.6. The van der Waals surface area contributed by atoms with Crippen molar-refractivity contribution >= 4 is 5.97 Å². The van der Waals surface area contributed by atoms with Crippen LogP contribution in [0.15, 0.2) is 24.4 Å². The number of nitrogens with zero attached hydrogens (tertiary/aromatic N) is 2. The van der Waals surface area contributed by atoms with Crippen molar-refractivity contribution in [1.82, 2.24) is 9.78 Å². The predicted octanol–water partition coefficient (Wildman–Crippen LogP) is 1.51. The molecule has 6 nitrogen and oxygen atoms in total. The maximum Gasteiger partial charge on any atom is 0.339 e. The van der Waals surface area contributed by atoms with E-state index in [1.165, 1.54) is 10.9 Å². The van der Waals surface area contributed by atoms with Crippen molar-refractivity contribution < 1.29 is 19.4 Å². The van der Waals surface area contributed by atoms with Gasteiger partial charge in [0.15, 0.2) is 11.5 Å². The standard InChI is InChI=1S/C12H10N2O4/c1-14-5-8(12(15)16)11(13-14)7-2-3-9-10(4-7)18-6-17-9/h2-5H,6H2,1H3,(H,15,16). The molecule has 0 bridgehead atoms. The van der Waals surface area contributed by atoms with Crippen molar-refractivity contribution in [2.24, 2.45) is 7.05 Å². The molecule has 0 radical (unpaired) electrons. The summed E-state index contributed by atoms with van der Waals surface area (Å²) in [6, 6.07) is 5.25. The fourth-order valence-corrected chi connectivity index (χ4v) is 1.90. The van der Waals surface area contributed by atoms with E-state index in [4.69, 9.17) is 14.6 Å². The van der Waals surface area contributed by atoms with Crippen LogP contribution in [0.3, 0.4) is 0 Å². The monoisotopic (exact) mass is 246 g/mol. The van der Waals surface area contributed by atoms with Crippen LogP contribution in [0, 0.1) is 0 Å². The lowest BCUT2D eigenvalue weighted by Crippen LogP contribution is -1.96. The molecule has 0 spiro atoms. The molecule has 0 saturated heterocycles. The SMILES string of the molecule is Cn1cc(C(=O)O)c(-c2ccc3c(c2)OCO3)n1. The van der Waals surface area contributed by atoms with Gasteiger partial charge < -0.3 is 14.6 Å². The lowest BCUT2D eigenvalue weighted by atomic mass is 10.1. The molecule has 0 saturated carbocycles. The number of fused-ring (bicyclic) bond motifs is 1. The Kier molecular flexibility index (Phi) is 2.22. The van der Waals surface area contributed by atoms with Gasteiger partial charge in [0.1, 0.15) is 11.3 Å². The van der Waals surface area contributed by atoms with Crippen LogP contribution in [0.2, 0.25) is 0 Å². The summed E-state index contributed by atoms with van der Waals surface area (Å²) in [7, 11) is 1.68. The number of hydrogen-bond acceptors (Lipinski definition) is 4. The summed E-state index contributed by atoms with van der Waals surface area (Å²) < 4.78 is 11.9. The van der Waals surface area contributed by atoms with E-state index in [1.54, 1.807) is 25.2 Å². The minimum atomic E-state index is -1.00. The van der Waals surface area contributed by atoms with E-state index < -0.39 is 5.97 Å². The minimum absolute atomic E-state index is 0.163. The van der Waals surface area contributed by atoms with E-state index in [-0.39, 0.29) is 12.4 Å². The first-order valence-corrected chi connectivity index (χ1v) is 5.32. The summed E-state index contributed by atoms with van der Waals surface area (Å²) in [6.45, 7) is 0.187. The zero-order valence-electron chi connectivity index (χ0n) is 9.58. The van der Waals surface area contributed by atoms with Gasteiger partial charge in [0.05, 0.1) is 0 Å². The summed E-state index contributed by atoms with van der Waals surface area (Å²) in [5, 5.41) is 13.3. The van der Waals surface area contributed by atoms with E-state index in [1.807, 2.05) is 0 Å². The summed E-state index contributed by atoms with van der Waals surface area (Å²) in [5.41, 5.74) is 1.27. The Bertz CT molecular complexity index is 633. The molecule has 2 aromatic rings. The number of aromatic carboxylic acids is 1. The Morgan fingerprint density at radius 1 is 1.39 bits per heavy atom. The van der Waals surface area contributed by atoms with Crippen molar-refractivity contribution in [3.63, 3.8) is 0 Å². The summed E-state index contributed by atoms with van der Waals surface area (Å²) in [6.07, 6.45) is 1.47. The quantitative estimate of drug-likeness (QED) is 0.869. The predicted molar refractivity (Wildman–Crippen MR) is 61.7 cm³/mol. The molecular formula is C12H10N2O4. The van der Waals surface area contributed by atoms with Crippen molar-refractivity contribution in [2.75, 3.05) is 6.79 Å². The molecule has 0 unspecified atom stereocenters. The molecule has 2 heterocycles. The van der Waals surface area contributed by atoms with E-state index in [9.17, 15) is 4.79 Å². The number of hydrogen-bond donors (Lipinski definition) is 1. The van der Waals surface area contributed by atoms with Crippen molar-refractivity contribution in [2.45, 2.75) is 0 Å². The van der Waals surface area contributed by atoms with Crippen LogP contribution >= 0.6 is 0 Å². The normalized spacial score (nSPS) is 12.7. The highest BCUT2D eigenvalue weighted by atomic mass is 16.7. The second kappa shape index (κ2) is 3.76. The van der Waals surface area contributed by atoms with Crippen molar-refractivity contribution in [3.8, 4) is 22.8 Å². The average molecular weight is 246 g/mol. The highest BCUT2D eigenvalue weighted by Gasteiger charge is 2.19. The Balaban J connectivity index is 2.12. The molecule has 92 valence electrons. The van der Waals surface area contributed by atoms with Crippen LogP contribution in [-0.2, 0) is 7.05 Å². The molecule has 1 aliphatic heterocycles. The van der Waals surface area contributed by atoms with Gasteiger partial charge in [-0.3, -0.25) is 4.68 Å². The second-order valence-corrected chi connectivity index (χ2v) is 3.94. The molecular weight excluding hydrogens is 236 g/mol. The third-order valence-electron chi connectivity index (χ3n) is 2.71. The molecule has 1 N–H and O–H groups in total. The largest absolute Gasteiger partial charge is 0.478 e. The van der Waals surface area contributed by atoms with Crippen molar-refractivity contribution in [3.05, 3.63) is 30.0 Å². The number of carboxylic acid groups (broad SMARTS) is 1. The van der Waals surface area contributed by atoms with Gasteiger partial charge in [-0.15, -0.1) is 0 Å². The molecule has 0 fully saturated rings. The number of carbonyl (C=O) groups is 1. The number of rotatable bonds is 2. The van der Waals surface area contributed by atoms with Gasteiger partial charge in [0.25, 0.3) is 0 Å². The smallest absolute Gasteiger partial charge is 0.339 e. The second-order valence-electron chi connectivity index (χ2n) is 3.94. The van der Waals surface area contributed by atoms with Crippen LogP contribution in [0.5, 0.6) is 11.5 Å².